The molecule has 0 bridgehead atoms. The van der Waals surface area contributed by atoms with E-state index in [2.05, 4.69) is 5.32 Å². The first-order valence-corrected chi connectivity index (χ1v) is 8.47. The number of benzene rings is 2. The monoisotopic (exact) mass is 354 g/mol. The summed E-state index contributed by atoms with van der Waals surface area (Å²) in [6, 6.07) is 18.1. The van der Waals surface area contributed by atoms with Crippen molar-refractivity contribution in [1.29, 1.82) is 0 Å². The van der Waals surface area contributed by atoms with Gasteiger partial charge in [-0.05, 0) is 24.1 Å². The first-order chi connectivity index (χ1) is 12.5. The number of carbonyl (C=O) groups is 2. The van der Waals surface area contributed by atoms with Gasteiger partial charge in [0, 0.05) is 25.6 Å². The molecule has 26 heavy (non-hydrogen) atoms. The Morgan fingerprint density at radius 3 is 2.19 bits per heavy atom. The molecule has 0 saturated heterocycles. The fraction of sp³-hybridized carbons (Fsp3) is 0.263. The Kier molecular flexibility index (Phi) is 7.38. The SMILES string of the molecule is CN(CCC(=O)NC(Cc1ccccc1)B(O)O)C(=O)c1ccccc1. The van der Waals surface area contributed by atoms with Crippen molar-refractivity contribution in [2.45, 2.75) is 18.8 Å². The van der Waals surface area contributed by atoms with Gasteiger partial charge in [-0.2, -0.15) is 0 Å². The average Bonchev–Trinajstić information content (AvgIpc) is 2.66. The molecular weight excluding hydrogens is 331 g/mol. The van der Waals surface area contributed by atoms with Crippen molar-refractivity contribution in [3.8, 4) is 0 Å². The highest BCUT2D eigenvalue weighted by Gasteiger charge is 2.25. The number of carbonyl (C=O) groups excluding carboxylic acids is 2. The van der Waals surface area contributed by atoms with Crippen LogP contribution < -0.4 is 5.32 Å². The Morgan fingerprint density at radius 1 is 1.04 bits per heavy atom. The molecule has 2 aromatic carbocycles. The number of hydrogen-bond acceptors (Lipinski definition) is 4. The first-order valence-electron chi connectivity index (χ1n) is 8.47. The van der Waals surface area contributed by atoms with Crippen molar-refractivity contribution in [1.82, 2.24) is 10.2 Å². The molecule has 2 aromatic rings. The predicted molar refractivity (Wildman–Crippen MR) is 100 cm³/mol. The Balaban J connectivity index is 1.85. The van der Waals surface area contributed by atoms with Gasteiger partial charge in [0.1, 0.15) is 0 Å². The van der Waals surface area contributed by atoms with E-state index in [4.69, 9.17) is 0 Å². The van der Waals surface area contributed by atoms with Crippen LogP contribution in [-0.2, 0) is 11.2 Å². The highest BCUT2D eigenvalue weighted by atomic mass is 16.4. The minimum atomic E-state index is -1.66. The third-order valence-corrected chi connectivity index (χ3v) is 4.05. The van der Waals surface area contributed by atoms with Gasteiger partial charge in [0.25, 0.3) is 5.91 Å². The van der Waals surface area contributed by atoms with Crippen molar-refractivity contribution in [2.75, 3.05) is 13.6 Å². The molecular formula is C19H23BN2O4. The molecule has 0 aliphatic rings. The van der Waals surface area contributed by atoms with E-state index < -0.39 is 13.1 Å². The van der Waals surface area contributed by atoms with E-state index in [1.807, 2.05) is 36.4 Å². The molecule has 0 aliphatic heterocycles. The third-order valence-electron chi connectivity index (χ3n) is 4.05. The van der Waals surface area contributed by atoms with Crippen LogP contribution in [0.15, 0.2) is 60.7 Å². The fourth-order valence-electron chi connectivity index (χ4n) is 2.55. The Bertz CT molecular complexity index is 710. The summed E-state index contributed by atoms with van der Waals surface area (Å²) < 4.78 is 0. The Morgan fingerprint density at radius 2 is 1.62 bits per heavy atom. The largest absolute Gasteiger partial charge is 0.475 e. The second-order valence-electron chi connectivity index (χ2n) is 6.12. The molecule has 2 amide bonds. The van der Waals surface area contributed by atoms with Gasteiger partial charge in [-0.1, -0.05) is 48.5 Å². The second-order valence-corrected chi connectivity index (χ2v) is 6.12. The van der Waals surface area contributed by atoms with Crippen LogP contribution in [0.25, 0.3) is 0 Å². The number of rotatable bonds is 8. The lowest BCUT2D eigenvalue weighted by Gasteiger charge is -2.20. The highest BCUT2D eigenvalue weighted by molar-refractivity contribution is 6.43. The van der Waals surface area contributed by atoms with Gasteiger partial charge < -0.3 is 20.3 Å². The van der Waals surface area contributed by atoms with Gasteiger partial charge in [0.2, 0.25) is 5.91 Å². The smallest absolute Gasteiger partial charge is 0.426 e. The van der Waals surface area contributed by atoms with Crippen LogP contribution in [0.5, 0.6) is 0 Å². The summed E-state index contributed by atoms with van der Waals surface area (Å²) in [5.74, 6) is -1.31. The molecule has 0 aromatic heterocycles. The number of amides is 2. The van der Waals surface area contributed by atoms with E-state index in [1.165, 1.54) is 4.90 Å². The number of nitrogens with zero attached hydrogens (tertiary/aromatic N) is 1. The maximum Gasteiger partial charge on any atom is 0.475 e. The van der Waals surface area contributed by atoms with E-state index in [9.17, 15) is 19.6 Å². The van der Waals surface area contributed by atoms with Crippen molar-refractivity contribution in [2.24, 2.45) is 0 Å². The zero-order chi connectivity index (χ0) is 18.9. The van der Waals surface area contributed by atoms with Crippen LogP contribution in [0.4, 0.5) is 0 Å². The van der Waals surface area contributed by atoms with Crippen LogP contribution in [0.2, 0.25) is 0 Å². The molecule has 0 saturated carbocycles. The van der Waals surface area contributed by atoms with E-state index >= 15 is 0 Å². The van der Waals surface area contributed by atoms with Gasteiger partial charge >= 0.3 is 7.12 Å². The normalized spacial score (nSPS) is 11.5. The molecule has 1 unspecified atom stereocenters. The molecule has 0 aliphatic carbocycles. The van der Waals surface area contributed by atoms with Crippen LogP contribution >= 0.6 is 0 Å². The molecule has 1 atom stereocenters. The van der Waals surface area contributed by atoms with Crippen molar-refractivity contribution in [3.63, 3.8) is 0 Å². The molecule has 3 N–H and O–H groups in total. The first kappa shape index (κ1) is 19.7. The Hall–Kier alpha value is -2.64. The van der Waals surface area contributed by atoms with Crippen LogP contribution in [0.3, 0.4) is 0 Å². The third kappa shape index (κ3) is 6.02. The molecule has 0 heterocycles. The fourth-order valence-corrected chi connectivity index (χ4v) is 2.55. The van der Waals surface area contributed by atoms with Gasteiger partial charge in [0.15, 0.2) is 0 Å². The summed E-state index contributed by atoms with van der Waals surface area (Å²) in [5.41, 5.74) is 1.45. The summed E-state index contributed by atoms with van der Waals surface area (Å²) in [4.78, 5) is 25.9. The Labute approximate surface area is 153 Å². The predicted octanol–water partition coefficient (Wildman–Crippen LogP) is 0.888. The molecule has 6 nitrogen and oxygen atoms in total. The lowest BCUT2D eigenvalue weighted by molar-refractivity contribution is -0.121. The standard InChI is InChI=1S/C19H23BN2O4/c1-22(19(24)16-10-6-3-7-11-16)13-12-18(23)21-17(20(25)26)14-15-8-4-2-5-9-15/h2-11,17,25-26H,12-14H2,1H3,(H,21,23). The van der Waals surface area contributed by atoms with Crippen LogP contribution in [0, 0.1) is 0 Å². The van der Waals surface area contributed by atoms with Gasteiger partial charge in [-0.25, -0.2) is 0 Å². The van der Waals surface area contributed by atoms with Crippen molar-refractivity contribution >= 4 is 18.9 Å². The highest BCUT2D eigenvalue weighted by Crippen LogP contribution is 2.06. The number of hydrogen-bond donors (Lipinski definition) is 3. The molecule has 0 fully saturated rings. The maximum atomic E-state index is 12.2. The molecule has 7 heteroatoms. The zero-order valence-electron chi connectivity index (χ0n) is 14.7. The summed E-state index contributed by atoms with van der Waals surface area (Å²) >= 11 is 0. The topological polar surface area (TPSA) is 89.9 Å². The molecule has 0 radical (unpaired) electrons. The lowest BCUT2D eigenvalue weighted by Crippen LogP contribution is -2.48. The summed E-state index contributed by atoms with van der Waals surface area (Å²) in [5, 5.41) is 21.6. The summed E-state index contributed by atoms with van der Waals surface area (Å²) in [7, 11) is -0.0341. The van der Waals surface area contributed by atoms with E-state index in [0.29, 0.717) is 12.0 Å². The molecule has 2 rings (SSSR count). The van der Waals surface area contributed by atoms with E-state index in [1.54, 1.807) is 31.3 Å². The lowest BCUT2D eigenvalue weighted by atomic mass is 9.76. The second kappa shape index (κ2) is 9.75. The van der Waals surface area contributed by atoms with Crippen molar-refractivity contribution < 1.29 is 19.6 Å². The molecule has 136 valence electrons. The van der Waals surface area contributed by atoms with E-state index in [-0.39, 0.29) is 24.8 Å². The van der Waals surface area contributed by atoms with Gasteiger partial charge in [-0.3, -0.25) is 9.59 Å². The van der Waals surface area contributed by atoms with Crippen LogP contribution in [-0.4, -0.2) is 53.4 Å². The maximum absolute atomic E-state index is 12.2. The average molecular weight is 354 g/mol. The minimum absolute atomic E-state index is 0.0765. The zero-order valence-corrected chi connectivity index (χ0v) is 14.7. The van der Waals surface area contributed by atoms with Crippen LogP contribution in [0.1, 0.15) is 22.3 Å². The van der Waals surface area contributed by atoms with E-state index in [0.717, 1.165) is 5.56 Å². The minimum Gasteiger partial charge on any atom is -0.426 e. The van der Waals surface area contributed by atoms with Crippen molar-refractivity contribution in [3.05, 3.63) is 71.8 Å². The quantitative estimate of drug-likeness (QED) is 0.614. The summed E-state index contributed by atoms with van der Waals surface area (Å²) in [6.45, 7) is 0.235. The van der Waals surface area contributed by atoms with Gasteiger partial charge in [-0.15, -0.1) is 0 Å². The number of nitrogens with one attached hydrogen (secondary N) is 1. The van der Waals surface area contributed by atoms with Gasteiger partial charge in [0.05, 0.1) is 5.94 Å². The molecule has 0 spiro atoms. The summed E-state index contributed by atoms with van der Waals surface area (Å²) in [6.07, 6.45) is 0.385.